The van der Waals surface area contributed by atoms with E-state index in [4.69, 9.17) is 4.74 Å². The maximum Gasteiger partial charge on any atom is 0.256 e. The lowest BCUT2D eigenvalue weighted by Crippen LogP contribution is -2.12. The number of carbonyl (C=O) groups excluding carboxylic acids is 1. The number of halogens is 1. The predicted molar refractivity (Wildman–Crippen MR) is 79.8 cm³/mol. The van der Waals surface area contributed by atoms with Gasteiger partial charge >= 0.3 is 0 Å². The summed E-state index contributed by atoms with van der Waals surface area (Å²) in [5.74, 6) is 0.621. The van der Waals surface area contributed by atoms with Gasteiger partial charge in [0.2, 0.25) is 0 Å². The van der Waals surface area contributed by atoms with E-state index in [2.05, 4.69) is 21.2 Å². The number of benzene rings is 2. The van der Waals surface area contributed by atoms with Crippen LogP contribution in [0.25, 0.3) is 0 Å². The topological polar surface area (TPSA) is 38.3 Å². The number of nitrogens with one attached hydrogen (secondary N) is 1. The minimum atomic E-state index is -0.138. The number of anilines is 1. The van der Waals surface area contributed by atoms with Crippen LogP contribution in [-0.2, 0) is 0 Å². The van der Waals surface area contributed by atoms with Crippen LogP contribution in [0, 0.1) is 6.92 Å². The van der Waals surface area contributed by atoms with Crippen molar-refractivity contribution in [2.24, 2.45) is 0 Å². The maximum absolute atomic E-state index is 12.2. The van der Waals surface area contributed by atoms with Gasteiger partial charge in [-0.15, -0.1) is 0 Å². The Morgan fingerprint density at radius 1 is 1.16 bits per heavy atom. The molecule has 0 spiro atoms. The Morgan fingerprint density at radius 2 is 1.84 bits per heavy atom. The van der Waals surface area contributed by atoms with E-state index in [9.17, 15) is 4.79 Å². The molecule has 19 heavy (non-hydrogen) atoms. The van der Waals surface area contributed by atoms with Crippen molar-refractivity contribution in [1.29, 1.82) is 0 Å². The first-order valence-electron chi connectivity index (χ1n) is 5.82. The third-order valence-corrected chi connectivity index (χ3v) is 3.84. The van der Waals surface area contributed by atoms with Gasteiger partial charge in [-0.1, -0.05) is 12.1 Å². The molecule has 0 aliphatic rings. The molecule has 3 nitrogen and oxygen atoms in total. The molecule has 1 N–H and O–H groups in total. The molecule has 4 heteroatoms. The second-order valence-electron chi connectivity index (χ2n) is 4.12. The SMILES string of the molecule is COc1ccc(NC(=O)c2cccc(C)c2Br)cc1. The number of amides is 1. The zero-order valence-electron chi connectivity index (χ0n) is 10.7. The van der Waals surface area contributed by atoms with Gasteiger partial charge < -0.3 is 10.1 Å². The molecule has 0 bridgehead atoms. The summed E-state index contributed by atoms with van der Waals surface area (Å²) in [4.78, 5) is 12.2. The predicted octanol–water partition coefficient (Wildman–Crippen LogP) is 4.02. The molecule has 98 valence electrons. The van der Waals surface area contributed by atoms with Crippen molar-refractivity contribution in [2.75, 3.05) is 12.4 Å². The van der Waals surface area contributed by atoms with Crippen LogP contribution >= 0.6 is 15.9 Å². The highest BCUT2D eigenvalue weighted by Gasteiger charge is 2.11. The van der Waals surface area contributed by atoms with Crippen molar-refractivity contribution in [3.63, 3.8) is 0 Å². The van der Waals surface area contributed by atoms with Crippen LogP contribution < -0.4 is 10.1 Å². The van der Waals surface area contributed by atoms with Crippen molar-refractivity contribution in [1.82, 2.24) is 0 Å². The van der Waals surface area contributed by atoms with Crippen molar-refractivity contribution in [3.8, 4) is 5.75 Å². The first-order valence-corrected chi connectivity index (χ1v) is 6.61. The highest BCUT2D eigenvalue weighted by atomic mass is 79.9. The molecule has 0 aliphatic heterocycles. The zero-order chi connectivity index (χ0) is 13.8. The zero-order valence-corrected chi connectivity index (χ0v) is 12.3. The number of hydrogen-bond donors (Lipinski definition) is 1. The lowest BCUT2D eigenvalue weighted by Gasteiger charge is -2.09. The quantitative estimate of drug-likeness (QED) is 0.928. The van der Waals surface area contributed by atoms with E-state index in [-0.39, 0.29) is 5.91 Å². The molecule has 0 aromatic heterocycles. The van der Waals surface area contributed by atoms with Gasteiger partial charge in [-0.05, 0) is 58.7 Å². The first-order chi connectivity index (χ1) is 9.11. The number of aryl methyl sites for hydroxylation is 1. The Hall–Kier alpha value is -1.81. The Balaban J connectivity index is 2.18. The fourth-order valence-electron chi connectivity index (χ4n) is 1.70. The molecule has 0 unspecified atom stereocenters. The summed E-state index contributed by atoms with van der Waals surface area (Å²) in [6.07, 6.45) is 0. The summed E-state index contributed by atoms with van der Waals surface area (Å²) in [6.45, 7) is 1.95. The Kier molecular flexibility index (Phi) is 4.22. The van der Waals surface area contributed by atoms with Gasteiger partial charge in [0.15, 0.2) is 0 Å². The lowest BCUT2D eigenvalue weighted by atomic mass is 10.1. The Morgan fingerprint density at radius 3 is 2.47 bits per heavy atom. The summed E-state index contributed by atoms with van der Waals surface area (Å²) >= 11 is 3.44. The number of hydrogen-bond acceptors (Lipinski definition) is 2. The van der Waals surface area contributed by atoms with Crippen molar-refractivity contribution < 1.29 is 9.53 Å². The molecule has 1 amide bonds. The van der Waals surface area contributed by atoms with E-state index >= 15 is 0 Å². The maximum atomic E-state index is 12.2. The molecule has 0 atom stereocenters. The summed E-state index contributed by atoms with van der Waals surface area (Å²) < 4.78 is 5.89. The van der Waals surface area contributed by atoms with Crippen LogP contribution in [0.5, 0.6) is 5.75 Å². The average molecular weight is 320 g/mol. The van der Waals surface area contributed by atoms with Gasteiger partial charge in [0.1, 0.15) is 5.75 Å². The van der Waals surface area contributed by atoms with Crippen LogP contribution in [0.1, 0.15) is 15.9 Å². The number of ether oxygens (including phenoxy) is 1. The Bertz CT molecular complexity index is 594. The number of rotatable bonds is 3. The van der Waals surface area contributed by atoms with Gasteiger partial charge in [0, 0.05) is 10.2 Å². The van der Waals surface area contributed by atoms with E-state index in [1.165, 1.54) is 0 Å². The highest BCUT2D eigenvalue weighted by molar-refractivity contribution is 9.10. The van der Waals surface area contributed by atoms with E-state index in [1.54, 1.807) is 37.4 Å². The minimum absolute atomic E-state index is 0.138. The van der Waals surface area contributed by atoms with Crippen molar-refractivity contribution >= 4 is 27.5 Å². The molecule has 0 saturated carbocycles. The summed E-state index contributed by atoms with van der Waals surface area (Å²) in [5.41, 5.74) is 2.39. The monoisotopic (exact) mass is 319 g/mol. The third kappa shape index (κ3) is 3.15. The largest absolute Gasteiger partial charge is 0.497 e. The highest BCUT2D eigenvalue weighted by Crippen LogP contribution is 2.22. The molecule has 2 aromatic rings. The van der Waals surface area contributed by atoms with Gasteiger partial charge in [-0.3, -0.25) is 4.79 Å². The van der Waals surface area contributed by atoms with E-state index in [1.807, 2.05) is 19.1 Å². The van der Waals surface area contributed by atoms with Gasteiger partial charge in [-0.25, -0.2) is 0 Å². The molecule has 0 heterocycles. The van der Waals surface area contributed by atoms with Crippen LogP contribution in [0.15, 0.2) is 46.9 Å². The van der Waals surface area contributed by atoms with Crippen LogP contribution in [0.4, 0.5) is 5.69 Å². The van der Waals surface area contributed by atoms with E-state index in [0.29, 0.717) is 5.56 Å². The Labute approximate surface area is 120 Å². The van der Waals surface area contributed by atoms with E-state index in [0.717, 1.165) is 21.5 Å². The first kappa shape index (κ1) is 13.6. The summed E-state index contributed by atoms with van der Waals surface area (Å²) in [6, 6.07) is 12.8. The fourth-order valence-corrected chi connectivity index (χ4v) is 2.14. The molecular formula is C15H14BrNO2. The standard InChI is InChI=1S/C15H14BrNO2/c1-10-4-3-5-13(14(10)16)15(18)17-11-6-8-12(19-2)9-7-11/h3-9H,1-2H3,(H,17,18). The van der Waals surface area contributed by atoms with Gasteiger partial charge in [0.05, 0.1) is 12.7 Å². The van der Waals surface area contributed by atoms with Crippen molar-refractivity contribution in [2.45, 2.75) is 6.92 Å². The average Bonchev–Trinajstić information content (AvgIpc) is 2.42. The second-order valence-corrected chi connectivity index (χ2v) is 4.91. The van der Waals surface area contributed by atoms with E-state index < -0.39 is 0 Å². The molecule has 2 rings (SSSR count). The minimum Gasteiger partial charge on any atom is -0.497 e. The smallest absolute Gasteiger partial charge is 0.256 e. The third-order valence-electron chi connectivity index (χ3n) is 2.78. The number of carbonyl (C=O) groups is 1. The van der Waals surface area contributed by atoms with Crippen molar-refractivity contribution in [3.05, 3.63) is 58.1 Å². The molecule has 0 radical (unpaired) electrons. The normalized spacial score (nSPS) is 10.1. The molecule has 0 aliphatic carbocycles. The van der Waals surface area contributed by atoms with Crippen LogP contribution in [0.3, 0.4) is 0 Å². The second kappa shape index (κ2) is 5.89. The molecule has 0 fully saturated rings. The molecular weight excluding hydrogens is 306 g/mol. The van der Waals surface area contributed by atoms with Crippen LogP contribution in [0.2, 0.25) is 0 Å². The summed E-state index contributed by atoms with van der Waals surface area (Å²) in [7, 11) is 1.61. The molecule has 2 aromatic carbocycles. The summed E-state index contributed by atoms with van der Waals surface area (Å²) in [5, 5.41) is 2.85. The van der Waals surface area contributed by atoms with Crippen LogP contribution in [-0.4, -0.2) is 13.0 Å². The molecule has 0 saturated heterocycles. The lowest BCUT2D eigenvalue weighted by molar-refractivity contribution is 0.102. The fraction of sp³-hybridized carbons (Fsp3) is 0.133. The number of methoxy groups -OCH3 is 1. The van der Waals surface area contributed by atoms with Gasteiger partial charge in [-0.2, -0.15) is 0 Å². The van der Waals surface area contributed by atoms with Gasteiger partial charge in [0.25, 0.3) is 5.91 Å².